The monoisotopic (exact) mass is 545 g/mol. The molecule has 0 bridgehead atoms. The highest BCUT2D eigenvalue weighted by Gasteiger charge is 2.23. The lowest BCUT2D eigenvalue weighted by Gasteiger charge is -2.25. The van der Waals surface area contributed by atoms with Crippen LogP contribution in [0.4, 0.5) is 0 Å². The minimum Gasteiger partial charge on any atom is -0.299 e. The summed E-state index contributed by atoms with van der Waals surface area (Å²) in [5, 5.41) is 1.28. The molecule has 0 unspecified atom stereocenters. The molecule has 3 aromatic rings. The van der Waals surface area contributed by atoms with Crippen molar-refractivity contribution in [2.75, 3.05) is 0 Å². The fraction of sp³-hybridized carbons (Fsp3) is 0.294. The molecular formula is C34H37Cl2NO. The van der Waals surface area contributed by atoms with E-state index < -0.39 is 0 Å². The topological polar surface area (TPSA) is 30.0 Å². The molecule has 4 heteroatoms. The number of hydrogen-bond donors (Lipinski definition) is 0. The molecule has 1 heterocycles. The first-order chi connectivity index (χ1) is 18.3. The number of allylic oxidation sites excluding steroid dienone is 4. The van der Waals surface area contributed by atoms with Gasteiger partial charge in [0.2, 0.25) is 0 Å². The SMILES string of the molecule is CCCCc1nc(Cl)ccc1/C(CC)=C(/C(=C(\Cl)c1ccccc1C)C(C)C)c1ccc(/C=C/C=O)cc1. The van der Waals surface area contributed by atoms with Crippen LogP contribution in [0.25, 0.3) is 22.3 Å². The molecule has 0 amide bonds. The molecule has 1 aromatic heterocycles. The number of benzene rings is 2. The van der Waals surface area contributed by atoms with Gasteiger partial charge in [0.15, 0.2) is 0 Å². The van der Waals surface area contributed by atoms with Crippen LogP contribution < -0.4 is 0 Å². The van der Waals surface area contributed by atoms with Gasteiger partial charge in [-0.05, 0) is 94.8 Å². The third kappa shape index (κ3) is 7.12. The molecule has 0 aliphatic heterocycles. The van der Waals surface area contributed by atoms with Crippen molar-refractivity contribution in [3.8, 4) is 0 Å². The second-order valence-corrected chi connectivity index (χ2v) is 10.5. The largest absolute Gasteiger partial charge is 0.299 e. The Kier molecular flexibility index (Phi) is 11.1. The molecule has 198 valence electrons. The Bertz CT molecular complexity index is 1350. The number of aromatic nitrogens is 1. The van der Waals surface area contributed by atoms with Gasteiger partial charge in [0.05, 0.1) is 5.03 Å². The van der Waals surface area contributed by atoms with Gasteiger partial charge < -0.3 is 0 Å². The molecule has 0 aliphatic rings. The Balaban J connectivity index is 2.42. The summed E-state index contributed by atoms with van der Waals surface area (Å²) < 4.78 is 0. The van der Waals surface area contributed by atoms with Crippen molar-refractivity contribution in [1.29, 1.82) is 0 Å². The second kappa shape index (κ2) is 14.3. The van der Waals surface area contributed by atoms with Crippen LogP contribution in [0.3, 0.4) is 0 Å². The van der Waals surface area contributed by atoms with E-state index in [2.05, 4.69) is 65.0 Å². The van der Waals surface area contributed by atoms with E-state index in [0.717, 1.165) is 81.7 Å². The first-order valence-electron chi connectivity index (χ1n) is 13.4. The summed E-state index contributed by atoms with van der Waals surface area (Å²) >= 11 is 13.7. The Morgan fingerprint density at radius 2 is 1.68 bits per heavy atom. The fourth-order valence-electron chi connectivity index (χ4n) is 4.81. The number of hydrogen-bond acceptors (Lipinski definition) is 2. The summed E-state index contributed by atoms with van der Waals surface area (Å²) in [6.45, 7) is 10.9. The number of aryl methyl sites for hydroxylation is 2. The van der Waals surface area contributed by atoms with E-state index in [0.29, 0.717) is 5.15 Å². The molecule has 38 heavy (non-hydrogen) atoms. The van der Waals surface area contributed by atoms with Crippen LogP contribution in [-0.4, -0.2) is 11.3 Å². The van der Waals surface area contributed by atoms with E-state index in [1.54, 1.807) is 0 Å². The van der Waals surface area contributed by atoms with Crippen molar-refractivity contribution in [1.82, 2.24) is 4.98 Å². The number of pyridine rings is 1. The van der Waals surface area contributed by atoms with E-state index in [1.165, 1.54) is 11.6 Å². The molecule has 0 spiro atoms. The lowest BCUT2D eigenvalue weighted by molar-refractivity contribution is -0.104. The van der Waals surface area contributed by atoms with Gasteiger partial charge in [-0.2, -0.15) is 0 Å². The molecule has 2 aromatic carbocycles. The summed E-state index contributed by atoms with van der Waals surface area (Å²) in [6, 6.07) is 20.6. The number of rotatable bonds is 11. The number of carbonyl (C=O) groups excluding carboxylic acids is 1. The minimum absolute atomic E-state index is 0.160. The van der Waals surface area contributed by atoms with Gasteiger partial charge in [0, 0.05) is 5.69 Å². The van der Waals surface area contributed by atoms with Gasteiger partial charge in [-0.3, -0.25) is 4.79 Å². The van der Waals surface area contributed by atoms with Gasteiger partial charge in [0.25, 0.3) is 0 Å². The van der Waals surface area contributed by atoms with Crippen LogP contribution in [0.15, 0.2) is 72.3 Å². The van der Waals surface area contributed by atoms with Crippen LogP contribution in [0, 0.1) is 12.8 Å². The summed E-state index contributed by atoms with van der Waals surface area (Å²) in [4.78, 5) is 15.6. The number of unbranched alkanes of at least 4 members (excludes halogenated alkanes) is 1. The van der Waals surface area contributed by atoms with E-state index in [4.69, 9.17) is 28.2 Å². The zero-order valence-electron chi connectivity index (χ0n) is 23.0. The van der Waals surface area contributed by atoms with Crippen molar-refractivity contribution < 1.29 is 4.79 Å². The zero-order valence-corrected chi connectivity index (χ0v) is 24.5. The molecule has 0 fully saturated rings. The van der Waals surface area contributed by atoms with Crippen LogP contribution in [0.1, 0.15) is 80.5 Å². The molecule has 0 saturated heterocycles. The first-order valence-corrected chi connectivity index (χ1v) is 14.1. The Morgan fingerprint density at radius 1 is 0.974 bits per heavy atom. The smallest absolute Gasteiger partial charge is 0.142 e. The van der Waals surface area contributed by atoms with Gasteiger partial charge in [-0.15, -0.1) is 0 Å². The molecule has 0 saturated carbocycles. The van der Waals surface area contributed by atoms with Crippen LogP contribution in [0.2, 0.25) is 5.15 Å². The van der Waals surface area contributed by atoms with Crippen molar-refractivity contribution in [2.24, 2.45) is 5.92 Å². The number of aldehydes is 1. The lowest BCUT2D eigenvalue weighted by Crippen LogP contribution is -2.06. The third-order valence-electron chi connectivity index (χ3n) is 6.72. The van der Waals surface area contributed by atoms with Crippen molar-refractivity contribution in [3.05, 3.63) is 111 Å². The Labute approximate surface area is 238 Å². The summed E-state index contributed by atoms with van der Waals surface area (Å²) in [6.07, 6.45) is 7.91. The predicted octanol–water partition coefficient (Wildman–Crippen LogP) is 10.2. The van der Waals surface area contributed by atoms with Crippen LogP contribution >= 0.6 is 23.2 Å². The van der Waals surface area contributed by atoms with Gasteiger partial charge in [0.1, 0.15) is 11.4 Å². The Morgan fingerprint density at radius 3 is 2.29 bits per heavy atom. The number of halogens is 2. The highest BCUT2D eigenvalue weighted by molar-refractivity contribution is 6.50. The maximum Gasteiger partial charge on any atom is 0.142 e. The van der Waals surface area contributed by atoms with Crippen molar-refractivity contribution >= 4 is 51.7 Å². The Hall–Kier alpha value is -2.94. The zero-order chi connectivity index (χ0) is 27.7. The van der Waals surface area contributed by atoms with Crippen LogP contribution in [-0.2, 0) is 11.2 Å². The van der Waals surface area contributed by atoms with Crippen LogP contribution in [0.5, 0.6) is 0 Å². The maximum absolute atomic E-state index is 10.8. The molecule has 0 atom stereocenters. The lowest BCUT2D eigenvalue weighted by atomic mass is 9.81. The van der Waals surface area contributed by atoms with Crippen molar-refractivity contribution in [3.63, 3.8) is 0 Å². The van der Waals surface area contributed by atoms with E-state index in [9.17, 15) is 4.79 Å². The quantitative estimate of drug-likeness (QED) is 0.104. The number of nitrogens with zero attached hydrogens (tertiary/aromatic N) is 1. The standard InChI is InChI=1S/C34H37Cl2NO/c1-6-8-15-30-29(20-21-31(35)37-30)27(7-2)33(26-18-16-25(17-19-26)13-11-22-38)32(23(3)4)34(36)28-14-10-9-12-24(28)5/h9-14,16-23H,6-8,15H2,1-5H3/b13-11+,33-27+,34-32-. The highest BCUT2D eigenvalue weighted by Crippen LogP contribution is 2.43. The maximum atomic E-state index is 10.8. The highest BCUT2D eigenvalue weighted by atomic mass is 35.5. The summed E-state index contributed by atoms with van der Waals surface area (Å²) in [5.74, 6) is 0.160. The first kappa shape index (κ1) is 29.6. The van der Waals surface area contributed by atoms with E-state index >= 15 is 0 Å². The average Bonchev–Trinajstić information content (AvgIpc) is 2.91. The molecule has 3 rings (SSSR count). The van der Waals surface area contributed by atoms with Crippen molar-refractivity contribution in [2.45, 2.75) is 60.3 Å². The summed E-state index contributed by atoms with van der Waals surface area (Å²) in [7, 11) is 0. The van der Waals surface area contributed by atoms with Gasteiger partial charge in [-0.25, -0.2) is 4.98 Å². The molecule has 0 N–H and O–H groups in total. The molecular weight excluding hydrogens is 509 g/mol. The third-order valence-corrected chi connectivity index (χ3v) is 7.34. The van der Waals surface area contributed by atoms with Gasteiger partial charge >= 0.3 is 0 Å². The van der Waals surface area contributed by atoms with E-state index in [1.807, 2.05) is 36.4 Å². The van der Waals surface area contributed by atoms with E-state index in [-0.39, 0.29) is 5.92 Å². The minimum atomic E-state index is 0.160. The molecule has 0 aliphatic carbocycles. The fourth-order valence-corrected chi connectivity index (χ4v) is 5.50. The average molecular weight is 547 g/mol. The number of carbonyl (C=O) groups is 1. The predicted molar refractivity (Wildman–Crippen MR) is 165 cm³/mol. The summed E-state index contributed by atoms with van der Waals surface area (Å²) in [5.41, 5.74) is 9.80. The normalized spacial score (nSPS) is 13.1. The second-order valence-electron chi connectivity index (χ2n) is 9.75. The van der Waals surface area contributed by atoms with Gasteiger partial charge in [-0.1, -0.05) is 112 Å². The molecule has 2 nitrogen and oxygen atoms in total. The molecule has 0 radical (unpaired) electrons.